The summed E-state index contributed by atoms with van der Waals surface area (Å²) in [5, 5.41) is 8.73. The van der Waals surface area contributed by atoms with Gasteiger partial charge in [0.15, 0.2) is 0 Å². The largest absolute Gasteiger partial charge is 0.458 e. The van der Waals surface area contributed by atoms with Gasteiger partial charge in [-0.3, -0.25) is 14.8 Å². The van der Waals surface area contributed by atoms with Gasteiger partial charge >= 0.3 is 5.97 Å². The highest BCUT2D eigenvalue weighted by Gasteiger charge is 2.39. The predicted octanol–water partition coefficient (Wildman–Crippen LogP) is 1.88. The van der Waals surface area contributed by atoms with Crippen LogP contribution >= 0.6 is 0 Å². The number of ether oxygens (including phenoxy) is 1. The van der Waals surface area contributed by atoms with Crippen molar-refractivity contribution in [1.82, 2.24) is 10.4 Å². The van der Waals surface area contributed by atoms with Crippen LogP contribution in [0.5, 0.6) is 0 Å². The molecule has 0 aromatic heterocycles. The normalized spacial score (nSPS) is 19.3. The third-order valence-corrected chi connectivity index (χ3v) is 3.88. The Morgan fingerprint density at radius 3 is 2.42 bits per heavy atom. The highest BCUT2D eigenvalue weighted by Crippen LogP contribution is 2.26. The van der Waals surface area contributed by atoms with E-state index in [4.69, 9.17) is 9.94 Å². The van der Waals surface area contributed by atoms with E-state index in [-0.39, 0.29) is 18.2 Å². The zero-order valence-corrected chi connectivity index (χ0v) is 15.3. The lowest BCUT2D eigenvalue weighted by molar-refractivity contribution is -0.164. The number of hydrogen-bond donors (Lipinski definition) is 2. The van der Waals surface area contributed by atoms with Crippen molar-refractivity contribution in [2.45, 2.75) is 71.9 Å². The number of nitrogens with one attached hydrogen (secondary N) is 1. The van der Waals surface area contributed by atoms with Crippen molar-refractivity contribution < 1.29 is 24.3 Å². The fourth-order valence-corrected chi connectivity index (χ4v) is 2.99. The fourth-order valence-electron chi connectivity index (χ4n) is 2.99. The van der Waals surface area contributed by atoms with Crippen LogP contribution in [0.4, 0.5) is 0 Å². The Labute approximate surface area is 143 Å². The number of esters is 1. The van der Waals surface area contributed by atoms with E-state index in [1.54, 1.807) is 26.3 Å². The second-order valence-corrected chi connectivity index (χ2v) is 7.79. The van der Waals surface area contributed by atoms with E-state index in [0.29, 0.717) is 19.4 Å². The van der Waals surface area contributed by atoms with Crippen LogP contribution in [0.2, 0.25) is 0 Å². The number of likely N-dealkylation sites (tertiary alicyclic amines) is 1. The zero-order chi connectivity index (χ0) is 18.5. The number of nitrogens with zero attached hydrogens (tertiary/aromatic N) is 1. The van der Waals surface area contributed by atoms with Crippen molar-refractivity contribution in [3.8, 4) is 0 Å². The van der Waals surface area contributed by atoms with Gasteiger partial charge in [-0.2, -0.15) is 0 Å². The van der Waals surface area contributed by atoms with Crippen LogP contribution in [-0.4, -0.2) is 46.1 Å². The van der Waals surface area contributed by atoms with Crippen molar-refractivity contribution in [2.24, 2.45) is 11.8 Å². The molecular formula is C17H30N2O5. The molecule has 0 aliphatic carbocycles. The Morgan fingerprint density at radius 1 is 1.29 bits per heavy atom. The zero-order valence-electron chi connectivity index (χ0n) is 15.3. The average molecular weight is 342 g/mol. The van der Waals surface area contributed by atoms with E-state index in [0.717, 1.165) is 6.42 Å². The molecule has 7 nitrogen and oxygen atoms in total. The lowest BCUT2D eigenvalue weighted by atomic mass is 9.92. The summed E-state index contributed by atoms with van der Waals surface area (Å²) < 4.78 is 5.41. The predicted molar refractivity (Wildman–Crippen MR) is 88.1 cm³/mol. The lowest BCUT2D eigenvalue weighted by Crippen LogP contribution is -2.46. The van der Waals surface area contributed by atoms with E-state index in [1.165, 1.54) is 4.90 Å². The van der Waals surface area contributed by atoms with Gasteiger partial charge in [0.05, 0.1) is 0 Å². The summed E-state index contributed by atoms with van der Waals surface area (Å²) in [6.45, 7) is 9.79. The van der Waals surface area contributed by atoms with Gasteiger partial charge < -0.3 is 9.64 Å². The minimum Gasteiger partial charge on any atom is -0.458 e. The van der Waals surface area contributed by atoms with Gasteiger partial charge in [0, 0.05) is 18.9 Å². The van der Waals surface area contributed by atoms with Gasteiger partial charge in [0.25, 0.3) is 0 Å². The van der Waals surface area contributed by atoms with Crippen LogP contribution in [-0.2, 0) is 19.1 Å². The third-order valence-electron chi connectivity index (χ3n) is 3.88. The molecule has 0 aromatic carbocycles. The van der Waals surface area contributed by atoms with Crippen molar-refractivity contribution in [3.05, 3.63) is 0 Å². The molecule has 2 atom stereocenters. The summed E-state index contributed by atoms with van der Waals surface area (Å²) in [5.74, 6) is -1.56. The quantitative estimate of drug-likeness (QED) is 0.436. The smallest absolute Gasteiger partial charge is 0.329 e. The second-order valence-electron chi connectivity index (χ2n) is 7.79. The molecule has 2 amide bonds. The Kier molecular flexibility index (Phi) is 7.20. The molecule has 0 saturated carbocycles. The number of hydroxylamine groups is 1. The molecule has 0 spiro atoms. The minimum absolute atomic E-state index is 0.0922. The highest BCUT2D eigenvalue weighted by molar-refractivity contribution is 5.89. The Hall–Kier alpha value is -1.63. The number of hydrogen-bond acceptors (Lipinski definition) is 5. The van der Waals surface area contributed by atoms with Crippen LogP contribution in [0, 0.1) is 11.8 Å². The number of carbonyl (C=O) groups excluding carboxylic acids is 3. The molecule has 7 heteroatoms. The van der Waals surface area contributed by atoms with Gasteiger partial charge in [-0.05, 0) is 46.0 Å². The van der Waals surface area contributed by atoms with Crippen molar-refractivity contribution in [1.29, 1.82) is 0 Å². The maximum absolute atomic E-state index is 12.9. The molecule has 0 aromatic rings. The summed E-state index contributed by atoms with van der Waals surface area (Å²) in [4.78, 5) is 38.3. The van der Waals surface area contributed by atoms with Crippen molar-refractivity contribution in [2.75, 3.05) is 6.54 Å². The first-order valence-corrected chi connectivity index (χ1v) is 8.51. The third kappa shape index (κ3) is 6.11. The van der Waals surface area contributed by atoms with E-state index >= 15 is 0 Å². The van der Waals surface area contributed by atoms with Crippen LogP contribution in [0.25, 0.3) is 0 Å². The maximum atomic E-state index is 12.9. The first-order valence-electron chi connectivity index (χ1n) is 8.51. The van der Waals surface area contributed by atoms with Gasteiger partial charge in [-0.1, -0.05) is 13.8 Å². The summed E-state index contributed by atoms with van der Waals surface area (Å²) in [6.07, 6.45) is 1.73. The van der Waals surface area contributed by atoms with E-state index in [1.807, 2.05) is 13.8 Å². The number of carbonyl (C=O) groups is 3. The van der Waals surface area contributed by atoms with Crippen LogP contribution in [0.3, 0.4) is 0 Å². The molecule has 0 radical (unpaired) electrons. The fraction of sp³-hybridized carbons (Fsp3) is 0.824. The molecule has 24 heavy (non-hydrogen) atoms. The van der Waals surface area contributed by atoms with Crippen molar-refractivity contribution >= 4 is 17.8 Å². The first kappa shape index (κ1) is 20.4. The topological polar surface area (TPSA) is 95.9 Å². The van der Waals surface area contributed by atoms with Gasteiger partial charge in [-0.15, -0.1) is 0 Å². The molecule has 1 aliphatic rings. The Balaban J connectivity index is 2.86. The summed E-state index contributed by atoms with van der Waals surface area (Å²) in [7, 11) is 0. The number of amides is 2. The standard InChI is InChI=1S/C17H30N2O5/c1-11(2)9-12(10-14(20)18-23)15(21)19-8-6-7-13(19)16(22)24-17(3,4)5/h11-13,23H,6-10H2,1-5H3,(H,18,20)/t12-,13+/m1/s1. The summed E-state index contributed by atoms with van der Waals surface area (Å²) >= 11 is 0. The molecule has 1 heterocycles. The summed E-state index contributed by atoms with van der Waals surface area (Å²) in [6, 6.07) is -0.594. The molecular weight excluding hydrogens is 312 g/mol. The first-order chi connectivity index (χ1) is 11.0. The number of rotatable bonds is 6. The molecule has 1 fully saturated rings. The SMILES string of the molecule is CC(C)C[C@H](CC(=O)NO)C(=O)N1CCC[C@H]1C(=O)OC(C)(C)C. The van der Waals surface area contributed by atoms with E-state index in [9.17, 15) is 14.4 Å². The summed E-state index contributed by atoms with van der Waals surface area (Å²) in [5.41, 5.74) is 0.969. The van der Waals surface area contributed by atoms with E-state index < -0.39 is 29.4 Å². The molecule has 0 bridgehead atoms. The van der Waals surface area contributed by atoms with Gasteiger partial charge in [0.1, 0.15) is 11.6 Å². The van der Waals surface area contributed by atoms with Crippen LogP contribution in [0.15, 0.2) is 0 Å². The Morgan fingerprint density at radius 2 is 1.92 bits per heavy atom. The van der Waals surface area contributed by atoms with Crippen LogP contribution < -0.4 is 5.48 Å². The van der Waals surface area contributed by atoms with Crippen LogP contribution in [0.1, 0.15) is 60.3 Å². The van der Waals surface area contributed by atoms with Gasteiger partial charge in [0.2, 0.25) is 11.8 Å². The average Bonchev–Trinajstić information content (AvgIpc) is 2.92. The van der Waals surface area contributed by atoms with Crippen molar-refractivity contribution in [3.63, 3.8) is 0 Å². The maximum Gasteiger partial charge on any atom is 0.329 e. The monoisotopic (exact) mass is 342 g/mol. The molecule has 1 aliphatic heterocycles. The molecule has 0 unspecified atom stereocenters. The molecule has 1 rings (SSSR count). The van der Waals surface area contributed by atoms with Gasteiger partial charge in [-0.25, -0.2) is 10.3 Å². The molecule has 138 valence electrons. The Bertz CT molecular complexity index is 470. The molecule has 2 N–H and O–H groups in total. The second kappa shape index (κ2) is 8.46. The lowest BCUT2D eigenvalue weighted by Gasteiger charge is -2.30. The minimum atomic E-state index is -0.609. The van der Waals surface area contributed by atoms with E-state index in [2.05, 4.69) is 0 Å². The highest BCUT2D eigenvalue weighted by atomic mass is 16.6. The molecule has 1 saturated heterocycles.